The minimum atomic E-state index is -3.72. The average Bonchev–Trinajstić information content (AvgIpc) is 3.21. The molecule has 0 aliphatic rings. The zero-order valence-electron chi connectivity index (χ0n) is 18.6. The van der Waals surface area contributed by atoms with Gasteiger partial charge in [0.15, 0.2) is 0 Å². The molecular formula is C23H29N5O3S. The van der Waals surface area contributed by atoms with Crippen molar-refractivity contribution in [1.29, 1.82) is 0 Å². The van der Waals surface area contributed by atoms with E-state index in [0.29, 0.717) is 17.9 Å². The van der Waals surface area contributed by atoms with Gasteiger partial charge in [-0.3, -0.25) is 14.2 Å². The van der Waals surface area contributed by atoms with Crippen LogP contribution in [0.4, 0.5) is 11.4 Å². The van der Waals surface area contributed by atoms with Crippen LogP contribution in [0.15, 0.2) is 65.8 Å². The Morgan fingerprint density at radius 2 is 1.56 bits per heavy atom. The third-order valence-electron chi connectivity index (χ3n) is 5.13. The van der Waals surface area contributed by atoms with Crippen LogP contribution in [0.5, 0.6) is 0 Å². The number of hydrogen-bond acceptors (Lipinski definition) is 5. The second-order valence-corrected chi connectivity index (χ2v) is 9.09. The lowest BCUT2D eigenvalue weighted by atomic mass is 10.1. The number of anilines is 2. The summed E-state index contributed by atoms with van der Waals surface area (Å²) in [4.78, 5) is 13.6. The van der Waals surface area contributed by atoms with E-state index in [9.17, 15) is 13.2 Å². The van der Waals surface area contributed by atoms with Gasteiger partial charge in [0.25, 0.3) is 10.0 Å². The fourth-order valence-corrected chi connectivity index (χ4v) is 4.34. The molecular weight excluding hydrogens is 426 g/mol. The van der Waals surface area contributed by atoms with Crippen molar-refractivity contribution in [2.75, 3.05) is 29.7 Å². The van der Waals surface area contributed by atoms with E-state index in [0.717, 1.165) is 30.8 Å². The number of nitrogens with zero attached hydrogens (tertiary/aromatic N) is 3. The van der Waals surface area contributed by atoms with Crippen molar-refractivity contribution in [3.05, 3.63) is 60.9 Å². The molecule has 0 saturated heterocycles. The number of sulfonamides is 1. The first kappa shape index (κ1) is 23.5. The van der Waals surface area contributed by atoms with E-state index < -0.39 is 10.0 Å². The number of aromatic nitrogens is 2. The Kier molecular flexibility index (Phi) is 7.66. The summed E-state index contributed by atoms with van der Waals surface area (Å²) in [5, 5.41) is 6.97. The molecule has 1 heterocycles. The maximum absolute atomic E-state index is 12.8. The molecule has 0 atom stereocenters. The Balaban J connectivity index is 1.66. The van der Waals surface area contributed by atoms with Gasteiger partial charge in [0.2, 0.25) is 5.91 Å². The summed E-state index contributed by atoms with van der Waals surface area (Å²) in [7, 11) is -3.72. The molecule has 0 unspecified atom stereocenters. The van der Waals surface area contributed by atoms with Crippen LogP contribution in [-0.2, 0) is 21.4 Å². The van der Waals surface area contributed by atoms with Gasteiger partial charge < -0.3 is 10.2 Å². The van der Waals surface area contributed by atoms with Crippen LogP contribution in [0.2, 0.25) is 0 Å². The molecule has 0 saturated carbocycles. The molecule has 8 nitrogen and oxygen atoms in total. The number of carbonyl (C=O) groups excluding carboxylic acids is 1. The lowest BCUT2D eigenvalue weighted by Crippen LogP contribution is -2.27. The van der Waals surface area contributed by atoms with E-state index in [-0.39, 0.29) is 10.8 Å². The van der Waals surface area contributed by atoms with Crippen LogP contribution < -0.4 is 10.0 Å². The van der Waals surface area contributed by atoms with Crippen LogP contribution in [0.1, 0.15) is 20.8 Å². The molecule has 0 aliphatic heterocycles. The third kappa shape index (κ3) is 6.18. The van der Waals surface area contributed by atoms with Gasteiger partial charge in [0.1, 0.15) is 0 Å². The second-order valence-electron chi connectivity index (χ2n) is 7.41. The van der Waals surface area contributed by atoms with Gasteiger partial charge >= 0.3 is 0 Å². The van der Waals surface area contributed by atoms with E-state index >= 15 is 0 Å². The molecule has 0 radical (unpaired) electrons. The van der Waals surface area contributed by atoms with Gasteiger partial charge in [-0.1, -0.05) is 38.1 Å². The zero-order valence-corrected chi connectivity index (χ0v) is 19.4. The number of amides is 1. The Morgan fingerprint density at radius 1 is 0.969 bits per heavy atom. The lowest BCUT2D eigenvalue weighted by Gasteiger charge is -2.17. The molecule has 0 aliphatic carbocycles. The summed E-state index contributed by atoms with van der Waals surface area (Å²) >= 11 is 0. The monoisotopic (exact) mass is 455 g/mol. The second kappa shape index (κ2) is 10.4. The standard InChI is InChI=1S/C23H29N5O3S/c1-4-27(5-2)14-15-28-17-22(16-24-28)26-32(30,31)23-12-8-20(9-13-23)19-6-10-21(11-7-19)25-18(3)29/h6-13,16-17,26H,4-5,14-15H2,1-3H3,(H,25,29). The molecule has 0 bridgehead atoms. The first-order valence-electron chi connectivity index (χ1n) is 10.6. The van der Waals surface area contributed by atoms with Crippen LogP contribution in [0, 0.1) is 0 Å². The maximum atomic E-state index is 12.8. The Hall–Kier alpha value is -3.17. The van der Waals surface area contributed by atoms with Crippen LogP contribution in [0.3, 0.4) is 0 Å². The summed E-state index contributed by atoms with van der Waals surface area (Å²) in [6.07, 6.45) is 3.22. The van der Waals surface area contributed by atoms with Crippen molar-refractivity contribution in [3.63, 3.8) is 0 Å². The first-order chi connectivity index (χ1) is 15.3. The Labute approximate surface area is 189 Å². The van der Waals surface area contributed by atoms with Crippen molar-refractivity contribution >= 4 is 27.3 Å². The zero-order chi connectivity index (χ0) is 23.1. The number of rotatable bonds is 10. The summed E-state index contributed by atoms with van der Waals surface area (Å²) in [6, 6.07) is 14.0. The summed E-state index contributed by atoms with van der Waals surface area (Å²) in [6.45, 7) is 9.15. The molecule has 1 amide bonds. The van der Waals surface area contributed by atoms with E-state index in [2.05, 4.69) is 33.9 Å². The van der Waals surface area contributed by atoms with Crippen molar-refractivity contribution in [2.45, 2.75) is 32.2 Å². The predicted molar refractivity (Wildman–Crippen MR) is 127 cm³/mol. The molecule has 32 heavy (non-hydrogen) atoms. The number of hydrogen-bond donors (Lipinski definition) is 2. The predicted octanol–water partition coefficient (Wildman–Crippen LogP) is 3.65. The normalized spacial score (nSPS) is 11.5. The van der Waals surface area contributed by atoms with Gasteiger partial charge in [0, 0.05) is 25.4 Å². The Morgan fingerprint density at radius 3 is 2.12 bits per heavy atom. The quantitative estimate of drug-likeness (QED) is 0.486. The largest absolute Gasteiger partial charge is 0.326 e. The summed E-state index contributed by atoms with van der Waals surface area (Å²) in [5.74, 6) is -0.130. The summed E-state index contributed by atoms with van der Waals surface area (Å²) in [5.41, 5.74) is 2.94. The molecule has 0 fully saturated rings. The van der Waals surface area contributed by atoms with E-state index in [4.69, 9.17) is 0 Å². The molecule has 2 aromatic carbocycles. The lowest BCUT2D eigenvalue weighted by molar-refractivity contribution is -0.114. The average molecular weight is 456 g/mol. The molecule has 3 aromatic rings. The van der Waals surface area contributed by atoms with Crippen LogP contribution in [0.25, 0.3) is 11.1 Å². The highest BCUT2D eigenvalue weighted by Gasteiger charge is 2.15. The molecule has 0 spiro atoms. The molecule has 9 heteroatoms. The van der Waals surface area contributed by atoms with Crippen molar-refractivity contribution in [1.82, 2.24) is 14.7 Å². The number of carbonyl (C=O) groups is 1. The minimum Gasteiger partial charge on any atom is -0.326 e. The molecule has 170 valence electrons. The highest BCUT2D eigenvalue weighted by atomic mass is 32.2. The topological polar surface area (TPSA) is 96.3 Å². The fourth-order valence-electron chi connectivity index (χ4n) is 3.31. The molecule has 3 rings (SSSR count). The van der Waals surface area contributed by atoms with Gasteiger partial charge in [-0.05, 0) is 48.5 Å². The smallest absolute Gasteiger partial charge is 0.261 e. The van der Waals surface area contributed by atoms with E-state index in [1.807, 2.05) is 12.1 Å². The van der Waals surface area contributed by atoms with E-state index in [1.54, 1.807) is 47.3 Å². The van der Waals surface area contributed by atoms with Crippen molar-refractivity contribution < 1.29 is 13.2 Å². The number of nitrogens with one attached hydrogen (secondary N) is 2. The van der Waals surface area contributed by atoms with Gasteiger partial charge in [-0.2, -0.15) is 5.10 Å². The van der Waals surface area contributed by atoms with E-state index in [1.165, 1.54) is 13.1 Å². The van der Waals surface area contributed by atoms with Crippen molar-refractivity contribution in [3.8, 4) is 11.1 Å². The number of likely N-dealkylation sites (N-methyl/N-ethyl adjacent to an activating group) is 1. The fraction of sp³-hybridized carbons (Fsp3) is 0.304. The molecule has 2 N–H and O–H groups in total. The van der Waals surface area contributed by atoms with Gasteiger partial charge in [-0.25, -0.2) is 8.42 Å². The van der Waals surface area contributed by atoms with Crippen LogP contribution >= 0.6 is 0 Å². The summed E-state index contributed by atoms with van der Waals surface area (Å²) < 4.78 is 29.9. The van der Waals surface area contributed by atoms with Gasteiger partial charge in [-0.15, -0.1) is 0 Å². The highest BCUT2D eigenvalue weighted by molar-refractivity contribution is 7.92. The Bertz CT molecular complexity index is 1140. The van der Waals surface area contributed by atoms with Gasteiger partial charge in [0.05, 0.1) is 23.3 Å². The SMILES string of the molecule is CCN(CC)CCn1cc(NS(=O)(=O)c2ccc(-c3ccc(NC(C)=O)cc3)cc2)cn1. The van der Waals surface area contributed by atoms with Crippen molar-refractivity contribution in [2.24, 2.45) is 0 Å². The first-order valence-corrected chi connectivity index (χ1v) is 12.0. The highest BCUT2D eigenvalue weighted by Crippen LogP contribution is 2.24. The molecule has 1 aromatic heterocycles. The number of benzene rings is 2. The van der Waals surface area contributed by atoms with Crippen LogP contribution in [-0.4, -0.2) is 48.6 Å². The minimum absolute atomic E-state index is 0.130. The maximum Gasteiger partial charge on any atom is 0.261 e. The third-order valence-corrected chi connectivity index (χ3v) is 6.53.